The van der Waals surface area contributed by atoms with Crippen LogP contribution in [0.25, 0.3) is 0 Å². The summed E-state index contributed by atoms with van der Waals surface area (Å²) in [6.07, 6.45) is 3.96. The lowest BCUT2D eigenvalue weighted by Gasteiger charge is -2.19. The van der Waals surface area contributed by atoms with E-state index in [2.05, 4.69) is 22.4 Å². The molecular weight excluding hydrogens is 324 g/mol. The molecule has 0 aliphatic carbocycles. The van der Waals surface area contributed by atoms with E-state index in [1.807, 2.05) is 0 Å². The maximum absolute atomic E-state index is 12.2. The predicted octanol–water partition coefficient (Wildman–Crippen LogP) is 0.760. The number of hydrogen-bond donors (Lipinski definition) is 2. The van der Waals surface area contributed by atoms with Gasteiger partial charge in [0, 0.05) is 38.4 Å². The molecule has 0 spiro atoms. The van der Waals surface area contributed by atoms with Gasteiger partial charge in [-0.3, -0.25) is 4.79 Å². The molecule has 25 heavy (non-hydrogen) atoms. The number of fused-ring (bicyclic) bond motifs is 1. The summed E-state index contributed by atoms with van der Waals surface area (Å²) in [4.78, 5) is 30.9. The topological polar surface area (TPSA) is 117 Å². The van der Waals surface area contributed by atoms with Crippen LogP contribution in [0.2, 0.25) is 0 Å². The fourth-order valence-corrected chi connectivity index (χ4v) is 3.24. The number of hydrogen-bond acceptors (Lipinski definition) is 4. The number of anilines is 1. The Morgan fingerprint density at radius 3 is 2.76 bits per heavy atom. The van der Waals surface area contributed by atoms with Gasteiger partial charge in [0.05, 0.1) is 6.42 Å². The first-order valence-electron chi connectivity index (χ1n) is 8.62. The molecule has 8 heteroatoms. The summed E-state index contributed by atoms with van der Waals surface area (Å²) in [5.74, 6) is 0.143. The number of nitrogens with zero attached hydrogens (tertiary/aromatic N) is 3. The van der Waals surface area contributed by atoms with Crippen molar-refractivity contribution < 1.29 is 20.2 Å². The van der Waals surface area contributed by atoms with Gasteiger partial charge in [-0.25, -0.2) is 9.78 Å². The van der Waals surface area contributed by atoms with Crippen LogP contribution in [0.1, 0.15) is 30.5 Å². The molecule has 3 heterocycles. The number of aromatic nitrogens is 1. The van der Waals surface area contributed by atoms with Gasteiger partial charge in [0.15, 0.2) is 0 Å². The average molecular weight is 350 g/mol. The number of urea groups is 1. The summed E-state index contributed by atoms with van der Waals surface area (Å²) in [7, 11) is 0. The molecule has 0 bridgehead atoms. The highest BCUT2D eigenvalue weighted by Crippen LogP contribution is 2.20. The van der Waals surface area contributed by atoms with Crippen LogP contribution in [-0.2, 0) is 17.6 Å². The molecule has 0 atom stereocenters. The maximum Gasteiger partial charge on any atom is 0.320 e. The molecule has 2 aliphatic rings. The maximum atomic E-state index is 12.2. The first-order valence-corrected chi connectivity index (χ1v) is 8.62. The summed E-state index contributed by atoms with van der Waals surface area (Å²) in [6, 6.07) is 4.19. The highest BCUT2D eigenvalue weighted by atomic mass is 16.4. The summed E-state index contributed by atoms with van der Waals surface area (Å²) in [5.41, 5.74) is 2.34. The minimum atomic E-state index is -0.867. The zero-order valence-electron chi connectivity index (χ0n) is 14.3. The van der Waals surface area contributed by atoms with E-state index in [1.54, 1.807) is 9.80 Å². The van der Waals surface area contributed by atoms with E-state index in [9.17, 15) is 9.59 Å². The first-order chi connectivity index (χ1) is 11.6. The number of amides is 2. The second kappa shape index (κ2) is 8.66. The Kier molecular flexibility index (Phi) is 6.58. The number of carbonyl (C=O) groups is 2. The van der Waals surface area contributed by atoms with E-state index in [0.717, 1.165) is 43.7 Å². The molecule has 1 fully saturated rings. The van der Waals surface area contributed by atoms with E-state index >= 15 is 0 Å². The highest BCUT2D eigenvalue weighted by molar-refractivity contribution is 5.77. The van der Waals surface area contributed by atoms with Crippen molar-refractivity contribution in [2.45, 2.75) is 32.1 Å². The Hall–Kier alpha value is -2.35. The average Bonchev–Trinajstić information content (AvgIpc) is 2.93. The Labute approximate surface area is 147 Å². The molecule has 2 amide bonds. The van der Waals surface area contributed by atoms with Crippen molar-refractivity contribution in [2.24, 2.45) is 0 Å². The van der Waals surface area contributed by atoms with Gasteiger partial charge in [-0.15, -0.1) is 0 Å². The summed E-state index contributed by atoms with van der Waals surface area (Å²) < 4.78 is 0. The Morgan fingerprint density at radius 1 is 1.24 bits per heavy atom. The van der Waals surface area contributed by atoms with Crippen molar-refractivity contribution >= 4 is 17.8 Å². The largest absolute Gasteiger partial charge is 0.481 e. The zero-order valence-corrected chi connectivity index (χ0v) is 14.3. The van der Waals surface area contributed by atoms with Gasteiger partial charge in [-0.1, -0.05) is 6.07 Å². The number of nitrogens with one attached hydrogen (secondary N) is 1. The molecule has 0 saturated carbocycles. The van der Waals surface area contributed by atoms with Crippen molar-refractivity contribution in [1.82, 2.24) is 14.8 Å². The molecular formula is C17H26N4O4. The number of rotatable bonds is 7. The SMILES string of the molecule is O.O=C(O)CCN1CCN(CCCc2ccc3c(n2)NCCC3)C1=O. The number of pyridine rings is 1. The van der Waals surface area contributed by atoms with Crippen LogP contribution < -0.4 is 5.32 Å². The number of aryl methyl sites for hydroxylation is 2. The van der Waals surface area contributed by atoms with Crippen molar-refractivity contribution in [2.75, 3.05) is 38.0 Å². The van der Waals surface area contributed by atoms with E-state index in [4.69, 9.17) is 5.11 Å². The molecule has 2 aliphatic heterocycles. The molecule has 1 aromatic heterocycles. The normalized spacial score (nSPS) is 16.2. The van der Waals surface area contributed by atoms with Crippen molar-refractivity contribution in [3.8, 4) is 0 Å². The lowest BCUT2D eigenvalue weighted by Crippen LogP contribution is -2.33. The van der Waals surface area contributed by atoms with Crippen LogP contribution in [0.4, 0.5) is 10.6 Å². The quantitative estimate of drug-likeness (QED) is 0.753. The van der Waals surface area contributed by atoms with Gasteiger partial charge in [0.2, 0.25) is 0 Å². The fraction of sp³-hybridized carbons (Fsp3) is 0.588. The van der Waals surface area contributed by atoms with Crippen LogP contribution in [0.15, 0.2) is 12.1 Å². The first kappa shape index (κ1) is 19.0. The molecule has 0 radical (unpaired) electrons. The third-order valence-corrected chi connectivity index (χ3v) is 4.59. The summed E-state index contributed by atoms with van der Waals surface area (Å²) >= 11 is 0. The molecule has 138 valence electrons. The molecule has 3 rings (SSSR count). The third kappa shape index (κ3) is 4.82. The third-order valence-electron chi connectivity index (χ3n) is 4.59. The van der Waals surface area contributed by atoms with E-state index in [-0.39, 0.29) is 17.9 Å². The molecule has 0 aromatic carbocycles. The highest BCUT2D eigenvalue weighted by Gasteiger charge is 2.27. The van der Waals surface area contributed by atoms with Crippen molar-refractivity contribution in [3.63, 3.8) is 0 Å². The second-order valence-electron chi connectivity index (χ2n) is 6.34. The van der Waals surface area contributed by atoms with Gasteiger partial charge < -0.3 is 25.7 Å². The van der Waals surface area contributed by atoms with Crippen LogP contribution in [0.5, 0.6) is 0 Å². The summed E-state index contributed by atoms with van der Waals surface area (Å²) in [5, 5.41) is 12.1. The van der Waals surface area contributed by atoms with Gasteiger partial charge in [0.1, 0.15) is 5.82 Å². The number of carboxylic acid groups (broad SMARTS) is 1. The number of aliphatic carboxylic acids is 1. The van der Waals surface area contributed by atoms with Crippen molar-refractivity contribution in [3.05, 3.63) is 23.4 Å². The second-order valence-corrected chi connectivity index (χ2v) is 6.34. The monoisotopic (exact) mass is 350 g/mol. The zero-order chi connectivity index (χ0) is 16.9. The minimum Gasteiger partial charge on any atom is -0.481 e. The lowest BCUT2D eigenvalue weighted by molar-refractivity contribution is -0.137. The van der Waals surface area contributed by atoms with Gasteiger partial charge in [0.25, 0.3) is 0 Å². The Morgan fingerprint density at radius 2 is 2.00 bits per heavy atom. The summed E-state index contributed by atoms with van der Waals surface area (Å²) in [6.45, 7) is 3.26. The molecule has 4 N–H and O–H groups in total. The van der Waals surface area contributed by atoms with Crippen LogP contribution in [0, 0.1) is 0 Å². The van der Waals surface area contributed by atoms with E-state index < -0.39 is 5.97 Å². The standard InChI is InChI=1S/C17H24N4O3.H2O/c22-15(23)7-10-21-12-11-20(17(21)24)9-2-4-14-6-5-13-3-1-8-18-16(13)19-14;/h5-6H,1-4,7-12H2,(H,18,19)(H,22,23);1H2. The number of carbonyl (C=O) groups excluding carboxylic acids is 1. The van der Waals surface area contributed by atoms with E-state index in [0.29, 0.717) is 26.2 Å². The smallest absolute Gasteiger partial charge is 0.320 e. The molecule has 8 nitrogen and oxygen atoms in total. The molecule has 1 aromatic rings. The fourth-order valence-electron chi connectivity index (χ4n) is 3.24. The lowest BCUT2D eigenvalue weighted by atomic mass is 10.1. The van der Waals surface area contributed by atoms with Crippen molar-refractivity contribution in [1.29, 1.82) is 0 Å². The molecule has 0 unspecified atom stereocenters. The van der Waals surface area contributed by atoms with Crippen LogP contribution in [0.3, 0.4) is 0 Å². The van der Waals surface area contributed by atoms with E-state index in [1.165, 1.54) is 5.56 Å². The Bertz CT molecular complexity index is 623. The molecule has 1 saturated heterocycles. The van der Waals surface area contributed by atoms with Gasteiger partial charge >= 0.3 is 12.0 Å². The van der Waals surface area contributed by atoms with Gasteiger partial charge in [-0.05, 0) is 37.3 Å². The number of carboxylic acids is 1. The van der Waals surface area contributed by atoms with Crippen LogP contribution >= 0.6 is 0 Å². The minimum absolute atomic E-state index is 0. The Balaban J connectivity index is 0.00000225. The van der Waals surface area contributed by atoms with Gasteiger partial charge in [-0.2, -0.15) is 0 Å². The predicted molar refractivity (Wildman–Crippen MR) is 93.8 cm³/mol. The van der Waals surface area contributed by atoms with Crippen LogP contribution in [-0.4, -0.2) is 70.1 Å².